The van der Waals surface area contributed by atoms with Gasteiger partial charge >= 0.3 is 0 Å². The number of hydrogen-bond acceptors (Lipinski definition) is 0. The molecule has 62 valence electrons. The molecule has 0 aliphatic rings. The summed E-state index contributed by atoms with van der Waals surface area (Å²) in [6, 6.07) is 0. The molecule has 0 unspecified atom stereocenters. The summed E-state index contributed by atoms with van der Waals surface area (Å²) in [6.45, 7) is 7.89. The number of unbranched alkanes of at least 4 members (excludes halogenated alkanes) is 1. The highest BCUT2D eigenvalue weighted by atomic mass is 13.9. The van der Waals surface area contributed by atoms with Crippen LogP contribution in [0.4, 0.5) is 0 Å². The second-order valence-corrected chi connectivity index (χ2v) is 2.68. The van der Waals surface area contributed by atoms with Crippen molar-refractivity contribution < 1.29 is 0 Å². The highest BCUT2D eigenvalue weighted by molar-refractivity contribution is 5.02. The zero-order valence-electron chi connectivity index (χ0n) is 7.64. The molecule has 0 bridgehead atoms. The molecule has 0 nitrogen and oxygen atoms in total. The van der Waals surface area contributed by atoms with Crippen molar-refractivity contribution in [1.82, 2.24) is 0 Å². The molecule has 0 saturated carbocycles. The molecule has 0 N–H and O–H groups in total. The first-order chi connectivity index (χ1) is 5.31. The standard InChI is InChI=1S/C11H18/c1-4-6-7-8-9-10-11(3)5-2/h4-5,8-9H,1,6-7,10H2,2-3H3. The maximum absolute atomic E-state index is 3.66. The van der Waals surface area contributed by atoms with Crippen LogP contribution in [0.3, 0.4) is 0 Å². The monoisotopic (exact) mass is 150 g/mol. The molecule has 0 aromatic heterocycles. The van der Waals surface area contributed by atoms with E-state index in [9.17, 15) is 0 Å². The molecule has 0 fully saturated rings. The Labute approximate surface area is 70.3 Å². The molecular weight excluding hydrogens is 132 g/mol. The molecule has 0 amide bonds. The van der Waals surface area contributed by atoms with Gasteiger partial charge in [-0.3, -0.25) is 0 Å². The topological polar surface area (TPSA) is 0 Å². The van der Waals surface area contributed by atoms with E-state index in [1.54, 1.807) is 0 Å². The normalized spacial score (nSPS) is 12.4. The van der Waals surface area contributed by atoms with Crippen molar-refractivity contribution in [3.63, 3.8) is 0 Å². The van der Waals surface area contributed by atoms with Gasteiger partial charge in [-0.1, -0.05) is 29.9 Å². The van der Waals surface area contributed by atoms with Crippen LogP contribution in [0.15, 0.2) is 36.5 Å². The van der Waals surface area contributed by atoms with Crippen molar-refractivity contribution in [1.29, 1.82) is 0 Å². The molecular formula is C11H18. The average Bonchev–Trinajstić information content (AvgIpc) is 2.04. The zero-order chi connectivity index (χ0) is 8.53. The summed E-state index contributed by atoms with van der Waals surface area (Å²) in [4.78, 5) is 0. The third-order valence-electron chi connectivity index (χ3n) is 1.64. The van der Waals surface area contributed by atoms with Crippen molar-refractivity contribution in [2.75, 3.05) is 0 Å². The third-order valence-corrected chi connectivity index (χ3v) is 1.64. The molecule has 11 heavy (non-hydrogen) atoms. The van der Waals surface area contributed by atoms with Crippen LogP contribution >= 0.6 is 0 Å². The lowest BCUT2D eigenvalue weighted by atomic mass is 10.2. The van der Waals surface area contributed by atoms with E-state index in [4.69, 9.17) is 0 Å². The van der Waals surface area contributed by atoms with Crippen molar-refractivity contribution >= 4 is 0 Å². The van der Waals surface area contributed by atoms with Crippen molar-refractivity contribution in [3.05, 3.63) is 36.5 Å². The summed E-state index contributed by atoms with van der Waals surface area (Å²) >= 11 is 0. The SMILES string of the molecule is C=CCCC=CCC(C)=CC. The molecule has 0 saturated heterocycles. The van der Waals surface area contributed by atoms with E-state index in [2.05, 4.69) is 38.7 Å². The average molecular weight is 150 g/mol. The summed E-state index contributed by atoms with van der Waals surface area (Å²) in [7, 11) is 0. The molecule has 0 rings (SSSR count). The molecule has 0 aliphatic carbocycles. The summed E-state index contributed by atoms with van der Waals surface area (Å²) in [5.41, 5.74) is 1.43. The van der Waals surface area contributed by atoms with Crippen LogP contribution in [0.25, 0.3) is 0 Å². The van der Waals surface area contributed by atoms with Gasteiger partial charge in [-0.05, 0) is 33.1 Å². The summed E-state index contributed by atoms with van der Waals surface area (Å²) in [5.74, 6) is 0. The highest BCUT2D eigenvalue weighted by Crippen LogP contribution is 2.01. The molecule has 0 heteroatoms. The highest BCUT2D eigenvalue weighted by Gasteiger charge is 1.80. The van der Waals surface area contributed by atoms with Gasteiger partial charge in [-0.15, -0.1) is 6.58 Å². The molecule has 0 aromatic carbocycles. The van der Waals surface area contributed by atoms with Crippen molar-refractivity contribution in [3.8, 4) is 0 Å². The Morgan fingerprint density at radius 1 is 1.27 bits per heavy atom. The minimum absolute atomic E-state index is 1.09. The maximum atomic E-state index is 3.66. The number of rotatable bonds is 5. The fraction of sp³-hybridized carbons (Fsp3) is 0.455. The summed E-state index contributed by atoms with van der Waals surface area (Å²) in [6.07, 6.45) is 11.8. The van der Waals surface area contributed by atoms with E-state index in [1.165, 1.54) is 5.57 Å². The summed E-state index contributed by atoms with van der Waals surface area (Å²) < 4.78 is 0. The zero-order valence-corrected chi connectivity index (χ0v) is 7.64. The van der Waals surface area contributed by atoms with Crippen LogP contribution in [-0.4, -0.2) is 0 Å². The largest absolute Gasteiger partial charge is 0.103 e. The number of allylic oxidation sites excluding steroid dienone is 5. The van der Waals surface area contributed by atoms with E-state index >= 15 is 0 Å². The predicted octanol–water partition coefficient (Wildman–Crippen LogP) is 3.87. The second kappa shape index (κ2) is 7.33. The fourth-order valence-corrected chi connectivity index (χ4v) is 0.719. The molecule has 0 aliphatic heterocycles. The second-order valence-electron chi connectivity index (χ2n) is 2.68. The Morgan fingerprint density at radius 2 is 2.00 bits per heavy atom. The van der Waals surface area contributed by atoms with Crippen LogP contribution in [0.5, 0.6) is 0 Å². The third kappa shape index (κ3) is 7.11. The van der Waals surface area contributed by atoms with Gasteiger partial charge in [-0.25, -0.2) is 0 Å². The van der Waals surface area contributed by atoms with Gasteiger partial charge in [0.25, 0.3) is 0 Å². The van der Waals surface area contributed by atoms with Crippen LogP contribution in [0.1, 0.15) is 33.1 Å². The lowest BCUT2D eigenvalue weighted by Gasteiger charge is -1.91. The first-order valence-corrected chi connectivity index (χ1v) is 4.19. The first kappa shape index (κ1) is 10.2. The quantitative estimate of drug-likeness (QED) is 0.412. The van der Waals surface area contributed by atoms with Gasteiger partial charge in [0, 0.05) is 0 Å². The van der Waals surface area contributed by atoms with Crippen LogP contribution in [0, 0.1) is 0 Å². The lowest BCUT2D eigenvalue weighted by molar-refractivity contribution is 1.04. The Hall–Kier alpha value is -0.780. The van der Waals surface area contributed by atoms with E-state index in [0.29, 0.717) is 0 Å². The first-order valence-electron chi connectivity index (χ1n) is 4.19. The molecule has 0 aromatic rings. The Morgan fingerprint density at radius 3 is 2.55 bits per heavy atom. The minimum atomic E-state index is 1.09. The van der Waals surface area contributed by atoms with Crippen LogP contribution in [0.2, 0.25) is 0 Å². The predicted molar refractivity (Wildman–Crippen MR) is 52.6 cm³/mol. The van der Waals surface area contributed by atoms with Crippen LogP contribution < -0.4 is 0 Å². The van der Waals surface area contributed by atoms with E-state index < -0.39 is 0 Å². The van der Waals surface area contributed by atoms with E-state index in [0.717, 1.165) is 19.3 Å². The van der Waals surface area contributed by atoms with Gasteiger partial charge in [0.15, 0.2) is 0 Å². The maximum Gasteiger partial charge on any atom is -0.0142 e. The van der Waals surface area contributed by atoms with E-state index in [-0.39, 0.29) is 0 Å². The lowest BCUT2D eigenvalue weighted by Crippen LogP contribution is -1.70. The minimum Gasteiger partial charge on any atom is -0.103 e. The van der Waals surface area contributed by atoms with E-state index in [1.807, 2.05) is 6.08 Å². The molecule has 0 heterocycles. The molecule has 0 radical (unpaired) electrons. The van der Waals surface area contributed by atoms with Gasteiger partial charge in [-0.2, -0.15) is 0 Å². The Kier molecular flexibility index (Phi) is 6.81. The molecule has 0 spiro atoms. The smallest absolute Gasteiger partial charge is 0.0142 e. The summed E-state index contributed by atoms with van der Waals surface area (Å²) in [5, 5.41) is 0. The Balaban J connectivity index is 3.36. The van der Waals surface area contributed by atoms with Gasteiger partial charge < -0.3 is 0 Å². The Bertz CT molecular complexity index is 149. The van der Waals surface area contributed by atoms with Gasteiger partial charge in [0.2, 0.25) is 0 Å². The fourth-order valence-electron chi connectivity index (χ4n) is 0.719. The van der Waals surface area contributed by atoms with Gasteiger partial charge in [0.1, 0.15) is 0 Å². The van der Waals surface area contributed by atoms with Crippen molar-refractivity contribution in [2.24, 2.45) is 0 Å². The molecule has 0 atom stereocenters. The van der Waals surface area contributed by atoms with Crippen LogP contribution in [-0.2, 0) is 0 Å². The number of hydrogen-bond donors (Lipinski definition) is 0. The van der Waals surface area contributed by atoms with Gasteiger partial charge in [0.05, 0.1) is 0 Å². The van der Waals surface area contributed by atoms with Crippen molar-refractivity contribution in [2.45, 2.75) is 33.1 Å².